The van der Waals surface area contributed by atoms with Crippen molar-refractivity contribution in [1.82, 2.24) is 15.4 Å². The fourth-order valence-corrected chi connectivity index (χ4v) is 3.93. The summed E-state index contributed by atoms with van der Waals surface area (Å²) >= 11 is 0. The number of amides is 2. The topological polar surface area (TPSA) is 92.8 Å². The third kappa shape index (κ3) is 6.85. The molecule has 9 heteroatoms. The number of rotatable bonds is 7. The van der Waals surface area contributed by atoms with Gasteiger partial charge in [-0.3, -0.25) is 9.59 Å². The van der Waals surface area contributed by atoms with Gasteiger partial charge in [-0.1, -0.05) is 0 Å². The molecule has 1 unspecified atom stereocenters. The summed E-state index contributed by atoms with van der Waals surface area (Å²) in [5, 5.41) is 3.40. The molecule has 1 atom stereocenters. The van der Waals surface area contributed by atoms with Crippen molar-refractivity contribution in [2.75, 3.05) is 25.0 Å². The van der Waals surface area contributed by atoms with Crippen LogP contribution >= 0.6 is 0 Å². The molecule has 2 amide bonds. The maximum atomic E-state index is 13.1. The zero-order chi connectivity index (χ0) is 23.8. The van der Waals surface area contributed by atoms with E-state index in [4.69, 9.17) is 9.57 Å². The van der Waals surface area contributed by atoms with Crippen molar-refractivity contribution in [3.05, 3.63) is 65.6 Å². The number of ether oxygens (including phenoxy) is 1. The van der Waals surface area contributed by atoms with Gasteiger partial charge in [0.25, 0.3) is 11.8 Å². The van der Waals surface area contributed by atoms with Gasteiger partial charge >= 0.3 is 0 Å². The van der Waals surface area contributed by atoms with Crippen molar-refractivity contribution < 1.29 is 23.6 Å². The Hall–Kier alpha value is -3.30. The van der Waals surface area contributed by atoms with Crippen molar-refractivity contribution >= 4 is 23.7 Å². The van der Waals surface area contributed by atoms with Crippen molar-refractivity contribution in [3.8, 4) is 0 Å². The number of pyridine rings is 1. The predicted octanol–water partition coefficient (Wildman–Crippen LogP) is 3.53. The molecule has 3 heterocycles. The van der Waals surface area contributed by atoms with Crippen LogP contribution in [0.5, 0.6) is 0 Å². The number of anilines is 1. The molecule has 2 N–H and O–H groups in total. The lowest BCUT2D eigenvalue weighted by Gasteiger charge is -2.32. The molecule has 1 aromatic carbocycles. The summed E-state index contributed by atoms with van der Waals surface area (Å²) in [5.41, 5.74) is 3.67. The zero-order valence-electron chi connectivity index (χ0n) is 18.9. The number of hydrogen-bond acceptors (Lipinski definition) is 6. The van der Waals surface area contributed by atoms with Crippen LogP contribution in [0.3, 0.4) is 0 Å². The van der Waals surface area contributed by atoms with Gasteiger partial charge in [0.05, 0.1) is 0 Å². The van der Waals surface area contributed by atoms with Gasteiger partial charge in [0.15, 0.2) is 6.29 Å². The third-order valence-electron chi connectivity index (χ3n) is 5.87. The Morgan fingerprint density at radius 2 is 1.88 bits per heavy atom. The molecular formula is C25H29FN4O4. The summed E-state index contributed by atoms with van der Waals surface area (Å²) in [6, 6.07) is 9.58. The van der Waals surface area contributed by atoms with Gasteiger partial charge in [-0.2, -0.15) is 0 Å². The summed E-state index contributed by atoms with van der Waals surface area (Å²) in [5.74, 6) is -0.0510. The largest absolute Gasteiger partial charge is 0.367 e. The van der Waals surface area contributed by atoms with Crippen molar-refractivity contribution in [2.24, 2.45) is 0 Å². The molecule has 0 aliphatic carbocycles. The van der Waals surface area contributed by atoms with Crippen LogP contribution in [0.25, 0.3) is 6.08 Å². The molecular weight excluding hydrogens is 439 g/mol. The van der Waals surface area contributed by atoms with Gasteiger partial charge in [-0.15, -0.1) is 0 Å². The van der Waals surface area contributed by atoms with E-state index >= 15 is 0 Å². The molecule has 2 aliphatic heterocycles. The van der Waals surface area contributed by atoms with Crippen LogP contribution in [0.1, 0.15) is 48.0 Å². The second-order valence-electron chi connectivity index (χ2n) is 8.41. The highest BCUT2D eigenvalue weighted by atomic mass is 19.1. The highest BCUT2D eigenvalue weighted by molar-refractivity contribution is 5.94. The van der Waals surface area contributed by atoms with Crippen molar-refractivity contribution in [1.29, 1.82) is 0 Å². The standard InChI is InChI=1S/C25H29FN4O4/c26-20-8-6-19(7-9-20)25(32)30-14-12-21(13-15-30)28-22-10-4-18(17-27-22)5-11-23(31)29-34-24-3-1-2-16-33-24/h4-11,17,21,24H,1-3,12-16H2,(H,27,28)(H,29,31)/b11-5+. The van der Waals surface area contributed by atoms with E-state index in [0.29, 0.717) is 25.3 Å². The molecule has 2 aromatic rings. The molecule has 8 nitrogen and oxygen atoms in total. The van der Waals surface area contributed by atoms with Crippen LogP contribution in [0.2, 0.25) is 0 Å². The number of nitrogens with zero attached hydrogens (tertiary/aromatic N) is 2. The molecule has 2 fully saturated rings. The smallest absolute Gasteiger partial charge is 0.267 e. The van der Waals surface area contributed by atoms with Gasteiger partial charge in [0.1, 0.15) is 11.6 Å². The van der Waals surface area contributed by atoms with Crippen molar-refractivity contribution in [3.63, 3.8) is 0 Å². The van der Waals surface area contributed by atoms with E-state index < -0.39 is 0 Å². The molecule has 34 heavy (non-hydrogen) atoms. The van der Waals surface area contributed by atoms with E-state index in [1.165, 1.54) is 30.3 Å². The number of hydrogen-bond donors (Lipinski definition) is 2. The second kappa shape index (κ2) is 11.7. The van der Waals surface area contributed by atoms with Crippen LogP contribution in [0, 0.1) is 5.82 Å². The number of benzene rings is 1. The SMILES string of the molecule is O=C(/C=C/c1ccc(NC2CCN(C(=O)c3ccc(F)cc3)CC2)nc1)NOC1CCCCO1. The van der Waals surface area contributed by atoms with E-state index in [1.807, 2.05) is 12.1 Å². The van der Waals surface area contributed by atoms with Gasteiger partial charge in [-0.25, -0.2) is 19.7 Å². The van der Waals surface area contributed by atoms with E-state index in [1.54, 1.807) is 17.2 Å². The first-order valence-electron chi connectivity index (χ1n) is 11.6. The molecule has 2 saturated heterocycles. The summed E-state index contributed by atoms with van der Waals surface area (Å²) in [6.07, 6.45) is 8.75. The monoisotopic (exact) mass is 468 g/mol. The number of hydroxylamine groups is 1. The van der Waals surface area contributed by atoms with Gasteiger partial charge in [0.2, 0.25) is 0 Å². The minimum absolute atomic E-state index is 0.0755. The number of carbonyl (C=O) groups excluding carboxylic acids is 2. The van der Waals surface area contributed by atoms with Gasteiger partial charge < -0.3 is 15.0 Å². The molecule has 0 saturated carbocycles. The number of nitrogens with one attached hydrogen (secondary N) is 2. The molecule has 0 spiro atoms. The second-order valence-corrected chi connectivity index (χ2v) is 8.41. The average Bonchev–Trinajstić information content (AvgIpc) is 2.88. The summed E-state index contributed by atoms with van der Waals surface area (Å²) < 4.78 is 18.5. The highest BCUT2D eigenvalue weighted by Gasteiger charge is 2.23. The first-order chi connectivity index (χ1) is 16.6. The lowest BCUT2D eigenvalue weighted by atomic mass is 10.0. The van der Waals surface area contributed by atoms with Crippen LogP contribution in [-0.2, 0) is 14.4 Å². The quantitative estimate of drug-likeness (QED) is 0.477. The minimum Gasteiger partial charge on any atom is -0.367 e. The number of halogens is 1. The Bertz CT molecular complexity index is 983. The minimum atomic E-state index is -0.383. The van der Waals surface area contributed by atoms with E-state index in [2.05, 4.69) is 15.8 Å². The first-order valence-corrected chi connectivity index (χ1v) is 11.6. The molecule has 1 aromatic heterocycles. The maximum absolute atomic E-state index is 13.1. The zero-order valence-corrected chi connectivity index (χ0v) is 18.9. The van der Waals surface area contributed by atoms with Crippen LogP contribution in [0.4, 0.5) is 10.2 Å². The molecule has 2 aliphatic rings. The highest BCUT2D eigenvalue weighted by Crippen LogP contribution is 2.18. The van der Waals surface area contributed by atoms with Crippen LogP contribution in [-0.4, -0.2) is 53.7 Å². The number of carbonyl (C=O) groups is 2. The predicted molar refractivity (Wildman–Crippen MR) is 125 cm³/mol. The van der Waals surface area contributed by atoms with Gasteiger partial charge in [0, 0.05) is 50.0 Å². The third-order valence-corrected chi connectivity index (χ3v) is 5.87. The van der Waals surface area contributed by atoms with Crippen LogP contribution in [0.15, 0.2) is 48.7 Å². The lowest BCUT2D eigenvalue weighted by Crippen LogP contribution is -2.42. The Morgan fingerprint density at radius 3 is 2.56 bits per heavy atom. The summed E-state index contributed by atoms with van der Waals surface area (Å²) in [4.78, 5) is 35.9. The van der Waals surface area contributed by atoms with Crippen LogP contribution < -0.4 is 10.8 Å². The van der Waals surface area contributed by atoms with Crippen molar-refractivity contribution in [2.45, 2.75) is 44.4 Å². The molecule has 0 radical (unpaired) electrons. The first kappa shape index (κ1) is 23.8. The summed E-state index contributed by atoms with van der Waals surface area (Å²) in [6.45, 7) is 1.89. The summed E-state index contributed by atoms with van der Waals surface area (Å²) in [7, 11) is 0. The Morgan fingerprint density at radius 1 is 1.09 bits per heavy atom. The molecule has 180 valence electrons. The maximum Gasteiger partial charge on any atom is 0.267 e. The van der Waals surface area contributed by atoms with Gasteiger partial charge in [-0.05, 0) is 73.7 Å². The molecule has 0 bridgehead atoms. The van der Waals surface area contributed by atoms with E-state index in [9.17, 15) is 14.0 Å². The van der Waals surface area contributed by atoms with E-state index in [-0.39, 0.29) is 30.0 Å². The molecule has 4 rings (SSSR count). The number of aromatic nitrogens is 1. The van der Waals surface area contributed by atoms with E-state index in [0.717, 1.165) is 43.5 Å². The average molecular weight is 469 g/mol. The Labute approximate surface area is 198 Å². The Balaban J connectivity index is 1.19. The fourth-order valence-electron chi connectivity index (χ4n) is 3.93. The Kier molecular flexibility index (Phi) is 8.21. The number of likely N-dealkylation sites (tertiary alicyclic amines) is 1. The normalized spacial score (nSPS) is 19.2. The fraction of sp³-hybridized carbons (Fsp3) is 0.400. The number of piperidine rings is 1. The lowest BCUT2D eigenvalue weighted by molar-refractivity contribution is -0.198.